The van der Waals surface area contributed by atoms with Crippen LogP contribution >= 0.6 is 0 Å². The van der Waals surface area contributed by atoms with Crippen LogP contribution in [-0.4, -0.2) is 32.6 Å². The molecule has 35 heavy (non-hydrogen) atoms. The van der Waals surface area contributed by atoms with Crippen molar-refractivity contribution in [3.8, 4) is 0 Å². The van der Waals surface area contributed by atoms with E-state index in [0.717, 1.165) is 18.4 Å². The second-order valence-electron chi connectivity index (χ2n) is 10.5. The number of benzene rings is 1. The summed E-state index contributed by atoms with van der Waals surface area (Å²) in [6.07, 6.45) is 9.07. The van der Waals surface area contributed by atoms with Crippen LogP contribution in [0.25, 0.3) is 10.9 Å². The minimum Gasteiger partial charge on any atom is -0.350 e. The number of hydrogen-bond donors (Lipinski definition) is 2. The molecule has 186 valence electrons. The van der Waals surface area contributed by atoms with E-state index >= 15 is 0 Å². The van der Waals surface area contributed by atoms with E-state index in [1.807, 2.05) is 32.9 Å². The topological polar surface area (TPSA) is 88.9 Å². The predicted molar refractivity (Wildman–Crippen MR) is 133 cm³/mol. The van der Waals surface area contributed by atoms with E-state index in [0.29, 0.717) is 29.9 Å². The Morgan fingerprint density at radius 2 is 1.83 bits per heavy atom. The second-order valence-corrected chi connectivity index (χ2v) is 10.5. The van der Waals surface area contributed by atoms with E-state index in [1.54, 1.807) is 29.2 Å². The average Bonchev–Trinajstić information content (AvgIpc) is 3.21. The number of aromatic nitrogens is 3. The van der Waals surface area contributed by atoms with Gasteiger partial charge >= 0.3 is 0 Å². The zero-order chi connectivity index (χ0) is 25.0. The van der Waals surface area contributed by atoms with Crippen LogP contribution in [0, 0.1) is 17.2 Å². The van der Waals surface area contributed by atoms with Crippen molar-refractivity contribution in [1.82, 2.24) is 25.4 Å². The number of nitrogens with zero attached hydrogens (tertiary/aromatic N) is 3. The summed E-state index contributed by atoms with van der Waals surface area (Å²) in [6, 6.07) is 7.55. The van der Waals surface area contributed by atoms with Gasteiger partial charge in [0.15, 0.2) is 5.69 Å². The fourth-order valence-corrected chi connectivity index (χ4v) is 4.77. The lowest BCUT2D eigenvalue weighted by atomic mass is 9.86. The van der Waals surface area contributed by atoms with Gasteiger partial charge in [0, 0.05) is 30.9 Å². The number of para-hydroxylation sites is 1. The van der Waals surface area contributed by atoms with Gasteiger partial charge in [0.25, 0.3) is 5.91 Å². The molecule has 1 aromatic carbocycles. The fourth-order valence-electron chi connectivity index (χ4n) is 4.77. The van der Waals surface area contributed by atoms with Crippen LogP contribution in [-0.2, 0) is 17.9 Å². The second kappa shape index (κ2) is 10.5. The Morgan fingerprint density at radius 3 is 2.51 bits per heavy atom. The first-order chi connectivity index (χ1) is 16.7. The van der Waals surface area contributed by atoms with Crippen LogP contribution in [0.1, 0.15) is 68.9 Å². The van der Waals surface area contributed by atoms with Crippen molar-refractivity contribution in [2.24, 2.45) is 11.3 Å². The lowest BCUT2D eigenvalue weighted by Gasteiger charge is -2.30. The molecule has 8 heteroatoms. The number of hydrogen-bond acceptors (Lipinski definition) is 4. The lowest BCUT2D eigenvalue weighted by Crippen LogP contribution is -2.53. The maximum Gasteiger partial charge on any atom is 0.273 e. The molecule has 1 fully saturated rings. The average molecular weight is 480 g/mol. The highest BCUT2D eigenvalue weighted by molar-refractivity contribution is 6.06. The zero-order valence-corrected chi connectivity index (χ0v) is 20.7. The van der Waals surface area contributed by atoms with E-state index in [4.69, 9.17) is 0 Å². The molecule has 7 nitrogen and oxygen atoms in total. The Hall–Kier alpha value is -3.29. The molecule has 0 bridgehead atoms. The van der Waals surface area contributed by atoms with Crippen molar-refractivity contribution in [3.05, 3.63) is 59.8 Å². The minimum atomic E-state index is -0.802. The molecule has 2 amide bonds. The Balaban J connectivity index is 1.56. The normalized spacial score (nSPS) is 15.7. The standard InChI is InChI=1S/C27H34FN5O2/c1-27(2,3)24(26(35)30-16-18-12-14-29-15-13-18)31-25(34)22-20-10-7-11-21(28)23(20)33(32-22)17-19-8-5-4-6-9-19/h7,10-15,19,24H,4-6,8-9,16-17H2,1-3H3,(H,30,35)(H,31,34). The maximum absolute atomic E-state index is 14.9. The summed E-state index contributed by atoms with van der Waals surface area (Å²) in [5.41, 5.74) is 0.850. The highest BCUT2D eigenvalue weighted by atomic mass is 19.1. The number of pyridine rings is 1. The van der Waals surface area contributed by atoms with E-state index in [2.05, 4.69) is 20.7 Å². The first-order valence-corrected chi connectivity index (χ1v) is 12.4. The molecule has 1 aliphatic carbocycles. The summed E-state index contributed by atoms with van der Waals surface area (Å²) in [6.45, 7) is 6.59. The highest BCUT2D eigenvalue weighted by Crippen LogP contribution is 2.29. The number of amides is 2. The molecule has 0 saturated heterocycles. The molecule has 4 rings (SSSR count). The molecule has 0 spiro atoms. The third kappa shape index (κ3) is 5.86. The van der Waals surface area contributed by atoms with Crippen LogP contribution in [0.15, 0.2) is 42.7 Å². The van der Waals surface area contributed by atoms with Gasteiger partial charge in [0.2, 0.25) is 5.91 Å². The summed E-state index contributed by atoms with van der Waals surface area (Å²) >= 11 is 0. The van der Waals surface area contributed by atoms with E-state index < -0.39 is 23.2 Å². The van der Waals surface area contributed by atoms with Crippen molar-refractivity contribution in [2.75, 3.05) is 0 Å². The minimum absolute atomic E-state index is 0.145. The van der Waals surface area contributed by atoms with Crippen molar-refractivity contribution in [2.45, 2.75) is 72.0 Å². The molecule has 3 aromatic rings. The molecule has 1 unspecified atom stereocenters. The van der Waals surface area contributed by atoms with E-state index in [1.165, 1.54) is 25.3 Å². The Morgan fingerprint density at radius 1 is 1.11 bits per heavy atom. The molecule has 2 N–H and O–H groups in total. The Kier molecular flexibility index (Phi) is 7.48. The summed E-state index contributed by atoms with van der Waals surface area (Å²) < 4.78 is 16.5. The molecular formula is C27H34FN5O2. The number of rotatable bonds is 7. The van der Waals surface area contributed by atoms with Crippen molar-refractivity contribution in [3.63, 3.8) is 0 Å². The first kappa shape index (κ1) is 24.8. The monoisotopic (exact) mass is 479 g/mol. The van der Waals surface area contributed by atoms with Gasteiger partial charge in [0.05, 0.1) is 0 Å². The van der Waals surface area contributed by atoms with Crippen molar-refractivity contribution >= 4 is 22.7 Å². The van der Waals surface area contributed by atoms with Gasteiger partial charge in [-0.1, -0.05) is 52.2 Å². The summed E-state index contributed by atoms with van der Waals surface area (Å²) in [5, 5.41) is 10.8. The SMILES string of the molecule is CC(C)(C)C(NC(=O)c1nn(CC2CCCCC2)c2c(F)cccc12)C(=O)NCc1ccncc1. The predicted octanol–water partition coefficient (Wildman–Crippen LogP) is 4.61. The van der Waals surface area contributed by atoms with E-state index in [9.17, 15) is 14.0 Å². The molecule has 2 heterocycles. The maximum atomic E-state index is 14.9. The lowest BCUT2D eigenvalue weighted by molar-refractivity contribution is -0.125. The highest BCUT2D eigenvalue weighted by Gasteiger charge is 2.34. The van der Waals surface area contributed by atoms with Crippen molar-refractivity contribution in [1.29, 1.82) is 0 Å². The van der Waals surface area contributed by atoms with E-state index in [-0.39, 0.29) is 11.6 Å². The molecule has 1 aliphatic rings. The van der Waals surface area contributed by atoms with Gasteiger partial charge in [-0.3, -0.25) is 19.3 Å². The largest absolute Gasteiger partial charge is 0.350 e. The van der Waals surface area contributed by atoms with Gasteiger partial charge in [-0.2, -0.15) is 5.10 Å². The van der Waals surface area contributed by atoms with Crippen LogP contribution in [0.3, 0.4) is 0 Å². The molecule has 0 radical (unpaired) electrons. The van der Waals surface area contributed by atoms with Gasteiger partial charge in [0.1, 0.15) is 17.4 Å². The van der Waals surface area contributed by atoms with Crippen LogP contribution in [0.4, 0.5) is 4.39 Å². The first-order valence-electron chi connectivity index (χ1n) is 12.4. The summed E-state index contributed by atoms with van der Waals surface area (Å²) in [4.78, 5) is 30.5. The van der Waals surface area contributed by atoms with Crippen LogP contribution in [0.2, 0.25) is 0 Å². The zero-order valence-electron chi connectivity index (χ0n) is 20.7. The van der Waals surface area contributed by atoms with Crippen molar-refractivity contribution < 1.29 is 14.0 Å². The molecular weight excluding hydrogens is 445 g/mol. The van der Waals surface area contributed by atoms with Gasteiger partial charge < -0.3 is 10.6 Å². The van der Waals surface area contributed by atoms with Gasteiger partial charge in [-0.05, 0) is 47.9 Å². The smallest absolute Gasteiger partial charge is 0.273 e. The Bertz CT molecular complexity index is 1180. The molecule has 0 aliphatic heterocycles. The molecule has 2 aromatic heterocycles. The van der Waals surface area contributed by atoms with Gasteiger partial charge in [-0.15, -0.1) is 0 Å². The molecule has 1 atom stereocenters. The van der Waals surface area contributed by atoms with Crippen LogP contribution < -0.4 is 10.6 Å². The number of carbonyl (C=O) groups is 2. The third-order valence-corrected chi connectivity index (χ3v) is 6.71. The number of fused-ring (bicyclic) bond motifs is 1. The number of halogens is 1. The molecule has 1 saturated carbocycles. The third-order valence-electron chi connectivity index (χ3n) is 6.71. The quantitative estimate of drug-likeness (QED) is 0.518. The summed E-state index contributed by atoms with van der Waals surface area (Å²) in [7, 11) is 0. The fraction of sp³-hybridized carbons (Fsp3) is 0.481. The number of carbonyl (C=O) groups excluding carboxylic acids is 2. The Labute approximate surface area is 205 Å². The van der Waals surface area contributed by atoms with Gasteiger partial charge in [-0.25, -0.2) is 4.39 Å². The van der Waals surface area contributed by atoms with Crippen LogP contribution in [0.5, 0.6) is 0 Å². The summed E-state index contributed by atoms with van der Waals surface area (Å²) in [5.74, 6) is -0.752. The number of nitrogens with one attached hydrogen (secondary N) is 2.